The highest BCUT2D eigenvalue weighted by atomic mass is 127. The fraction of sp³-hybridized carbons (Fsp3) is 0.500. The van der Waals surface area contributed by atoms with Crippen molar-refractivity contribution in [2.75, 3.05) is 27.1 Å². The molecule has 4 N–H and O–H groups in total. The molecule has 12 heteroatoms. The van der Waals surface area contributed by atoms with Gasteiger partial charge in [-0.2, -0.15) is 0 Å². The van der Waals surface area contributed by atoms with Crippen LogP contribution in [-0.2, 0) is 22.7 Å². The first-order valence-corrected chi connectivity index (χ1v) is 16.0. The summed E-state index contributed by atoms with van der Waals surface area (Å²) in [6, 6.07) is 8.12. The van der Waals surface area contributed by atoms with Gasteiger partial charge < -0.3 is 44.5 Å². The lowest BCUT2D eigenvalue weighted by Crippen LogP contribution is -2.55. The largest absolute Gasteiger partial charge is 0.493 e. The van der Waals surface area contributed by atoms with E-state index in [1.54, 1.807) is 29.2 Å². The third-order valence-corrected chi connectivity index (χ3v) is 9.19. The van der Waals surface area contributed by atoms with E-state index in [0.29, 0.717) is 44.1 Å². The first-order chi connectivity index (χ1) is 21.3. The molecule has 2 aliphatic carbocycles. The van der Waals surface area contributed by atoms with Crippen LogP contribution in [0.3, 0.4) is 0 Å². The number of carbonyl (C=O) groups is 2. The molecule has 2 amide bonds. The van der Waals surface area contributed by atoms with E-state index >= 15 is 0 Å². The number of aliphatic hydroxyl groups excluding tert-OH is 3. The summed E-state index contributed by atoms with van der Waals surface area (Å²) in [6.45, 7) is -0.0391. The van der Waals surface area contributed by atoms with Crippen LogP contribution in [0.15, 0.2) is 42.0 Å². The molecule has 0 saturated heterocycles. The molecule has 2 aromatic carbocycles. The molecule has 2 aromatic rings. The first kappa shape index (κ1) is 32.3. The van der Waals surface area contributed by atoms with Gasteiger partial charge in [0.25, 0.3) is 0 Å². The van der Waals surface area contributed by atoms with Gasteiger partial charge in [-0.25, -0.2) is 0 Å². The number of halogens is 1. The molecule has 5 rings (SSSR count). The maximum absolute atomic E-state index is 14.0. The summed E-state index contributed by atoms with van der Waals surface area (Å²) < 4.78 is 23.6. The normalized spacial score (nSPS) is 21.1. The smallest absolute Gasteiger partial charge is 0.247 e. The Balaban J connectivity index is 1.50. The van der Waals surface area contributed by atoms with Crippen LogP contribution >= 0.6 is 22.6 Å². The van der Waals surface area contributed by atoms with E-state index in [9.17, 15) is 24.9 Å². The van der Waals surface area contributed by atoms with Gasteiger partial charge in [0.2, 0.25) is 18.6 Å². The molecule has 0 radical (unpaired) electrons. The fourth-order valence-corrected chi connectivity index (χ4v) is 6.89. The molecule has 44 heavy (non-hydrogen) atoms. The molecule has 3 unspecified atom stereocenters. The quantitative estimate of drug-likeness (QED) is 0.243. The van der Waals surface area contributed by atoms with E-state index < -0.39 is 24.2 Å². The number of benzene rings is 2. The van der Waals surface area contributed by atoms with Crippen LogP contribution in [0.5, 0.6) is 23.0 Å². The van der Waals surface area contributed by atoms with Gasteiger partial charge in [-0.1, -0.05) is 18.9 Å². The van der Waals surface area contributed by atoms with Gasteiger partial charge in [0.15, 0.2) is 23.0 Å². The maximum Gasteiger partial charge on any atom is 0.247 e. The summed E-state index contributed by atoms with van der Waals surface area (Å²) in [6.07, 6.45) is 3.97. The number of rotatable bonds is 12. The Bertz CT molecular complexity index is 1380. The van der Waals surface area contributed by atoms with Crippen molar-refractivity contribution in [2.45, 2.75) is 69.9 Å². The predicted molar refractivity (Wildman–Crippen MR) is 168 cm³/mol. The summed E-state index contributed by atoms with van der Waals surface area (Å²) in [5.41, 5.74) is 1.77. The second-order valence-electron chi connectivity index (χ2n) is 11.3. The number of amides is 2. The van der Waals surface area contributed by atoms with Crippen molar-refractivity contribution >= 4 is 34.4 Å². The molecular weight excluding hydrogens is 683 g/mol. The number of carbonyl (C=O) groups excluding carboxylic acids is 2. The highest BCUT2D eigenvalue weighted by Gasteiger charge is 2.41. The molecule has 238 valence electrons. The zero-order valence-corrected chi connectivity index (χ0v) is 26.8. The number of ether oxygens (including phenoxy) is 4. The Morgan fingerprint density at radius 3 is 2.59 bits per heavy atom. The Morgan fingerprint density at radius 2 is 1.86 bits per heavy atom. The fourth-order valence-electron chi connectivity index (χ4n) is 6.10. The van der Waals surface area contributed by atoms with Crippen molar-refractivity contribution in [1.82, 2.24) is 10.2 Å². The molecule has 3 atom stereocenters. The van der Waals surface area contributed by atoms with Crippen molar-refractivity contribution in [3.05, 3.63) is 56.7 Å². The number of nitrogens with one attached hydrogen (secondary N) is 1. The molecule has 0 bridgehead atoms. The van der Waals surface area contributed by atoms with E-state index in [0.717, 1.165) is 31.2 Å². The first-order valence-electron chi connectivity index (χ1n) is 14.9. The predicted octanol–water partition coefficient (Wildman–Crippen LogP) is 3.05. The molecule has 1 saturated carbocycles. The van der Waals surface area contributed by atoms with Gasteiger partial charge in [0.1, 0.15) is 12.2 Å². The van der Waals surface area contributed by atoms with Gasteiger partial charge in [0, 0.05) is 31.5 Å². The topological polar surface area (TPSA) is 147 Å². The third-order valence-electron chi connectivity index (χ3n) is 8.39. The maximum atomic E-state index is 14.0. The van der Waals surface area contributed by atoms with Crippen molar-refractivity contribution in [3.8, 4) is 23.0 Å². The van der Waals surface area contributed by atoms with Gasteiger partial charge in [-0.05, 0) is 82.8 Å². The minimum atomic E-state index is -1.19. The van der Waals surface area contributed by atoms with Crippen molar-refractivity contribution in [3.63, 3.8) is 0 Å². The van der Waals surface area contributed by atoms with Crippen LogP contribution in [0.1, 0.15) is 49.7 Å². The third kappa shape index (κ3) is 7.41. The molecule has 3 aliphatic rings. The molecule has 1 aliphatic heterocycles. The minimum Gasteiger partial charge on any atom is -0.493 e. The van der Waals surface area contributed by atoms with Crippen molar-refractivity contribution < 1.29 is 43.9 Å². The molecule has 1 heterocycles. The number of aliphatic hydroxyl groups is 3. The SMILES string of the molecule is COc1cc(CO)cc(I)c1OC1C=C(C(=O)NCCO)CC(N(Cc2ccc3c(c2)OCO3)C(=O)CC2CCCC2)C1O. The van der Waals surface area contributed by atoms with Crippen LogP contribution in [0.2, 0.25) is 0 Å². The number of hydrogen-bond acceptors (Lipinski definition) is 9. The number of methoxy groups -OCH3 is 1. The van der Waals surface area contributed by atoms with E-state index in [-0.39, 0.29) is 51.3 Å². The summed E-state index contributed by atoms with van der Waals surface area (Å²) >= 11 is 2.07. The Morgan fingerprint density at radius 1 is 1.09 bits per heavy atom. The lowest BCUT2D eigenvalue weighted by molar-refractivity contribution is -0.140. The minimum absolute atomic E-state index is 0.0603. The zero-order valence-electron chi connectivity index (χ0n) is 24.7. The summed E-state index contributed by atoms with van der Waals surface area (Å²) in [5, 5.41) is 33.5. The van der Waals surface area contributed by atoms with Crippen LogP contribution in [-0.4, -0.2) is 77.3 Å². The molecule has 0 spiro atoms. The van der Waals surface area contributed by atoms with E-state index in [4.69, 9.17) is 18.9 Å². The summed E-state index contributed by atoms with van der Waals surface area (Å²) in [4.78, 5) is 28.9. The standard InChI is InChI=1S/C32H39IN2O9/c1-41-28-12-21(17-37)10-23(33)31(28)44-27-15-22(32(40)34-8-9-36)14-24(30(27)39)35(29(38)13-19-4-2-3-5-19)16-20-6-7-25-26(11-20)43-18-42-25/h6-7,10-12,15,19,24,27,30,36-37,39H,2-5,8-9,13-14,16-18H2,1H3,(H,34,40). The summed E-state index contributed by atoms with van der Waals surface area (Å²) in [7, 11) is 1.48. The lowest BCUT2D eigenvalue weighted by atomic mass is 9.87. The van der Waals surface area contributed by atoms with E-state index in [1.807, 2.05) is 12.1 Å². The second kappa shape index (κ2) is 14.8. The summed E-state index contributed by atoms with van der Waals surface area (Å²) in [5.74, 6) is 1.69. The van der Waals surface area contributed by atoms with Gasteiger partial charge in [-0.15, -0.1) is 0 Å². The average Bonchev–Trinajstić information content (AvgIpc) is 3.72. The highest BCUT2D eigenvalue weighted by Crippen LogP contribution is 2.39. The molecule has 1 fully saturated rings. The van der Waals surface area contributed by atoms with Crippen molar-refractivity contribution in [2.24, 2.45) is 5.92 Å². The van der Waals surface area contributed by atoms with Crippen LogP contribution < -0.4 is 24.3 Å². The van der Waals surface area contributed by atoms with Crippen LogP contribution in [0.4, 0.5) is 0 Å². The Labute approximate surface area is 270 Å². The molecule has 0 aromatic heterocycles. The number of fused-ring (bicyclic) bond motifs is 1. The molecular formula is C32H39IN2O9. The Hall–Kier alpha value is -3.07. The lowest BCUT2D eigenvalue weighted by Gasteiger charge is -2.41. The number of hydrogen-bond donors (Lipinski definition) is 4. The second-order valence-corrected chi connectivity index (χ2v) is 12.5. The van der Waals surface area contributed by atoms with E-state index in [1.165, 1.54) is 7.11 Å². The van der Waals surface area contributed by atoms with Crippen LogP contribution in [0, 0.1) is 9.49 Å². The van der Waals surface area contributed by atoms with E-state index in [2.05, 4.69) is 27.9 Å². The van der Waals surface area contributed by atoms with Crippen molar-refractivity contribution in [1.29, 1.82) is 0 Å². The number of nitrogens with zero attached hydrogens (tertiary/aromatic N) is 1. The highest BCUT2D eigenvalue weighted by molar-refractivity contribution is 14.1. The average molecular weight is 723 g/mol. The van der Waals surface area contributed by atoms with Gasteiger partial charge in [0.05, 0.1) is 29.9 Å². The van der Waals surface area contributed by atoms with Gasteiger partial charge >= 0.3 is 0 Å². The zero-order chi connectivity index (χ0) is 31.2. The monoisotopic (exact) mass is 722 g/mol. The Kier molecular flexibility index (Phi) is 10.9. The van der Waals surface area contributed by atoms with Gasteiger partial charge in [-0.3, -0.25) is 9.59 Å². The van der Waals surface area contributed by atoms with Crippen LogP contribution in [0.25, 0.3) is 0 Å². The molecule has 11 nitrogen and oxygen atoms in total.